The lowest BCUT2D eigenvalue weighted by Gasteiger charge is -2.10. The number of aryl methyl sites for hydroxylation is 1. The molecule has 0 aliphatic heterocycles. The second kappa shape index (κ2) is 4.49. The fraction of sp³-hybridized carbons (Fsp3) is 0.125. The van der Waals surface area contributed by atoms with Gasteiger partial charge in [0.15, 0.2) is 0 Å². The zero-order valence-corrected chi connectivity index (χ0v) is 11.4. The molecule has 0 saturated carbocycles. The van der Waals surface area contributed by atoms with Gasteiger partial charge in [-0.2, -0.15) is 0 Å². The molecule has 0 aliphatic rings. The highest BCUT2D eigenvalue weighted by atomic mass is 16.1. The highest BCUT2D eigenvalue weighted by Gasteiger charge is 2.10. The Morgan fingerprint density at radius 1 is 1.15 bits per heavy atom. The Balaban J connectivity index is 2.33. The van der Waals surface area contributed by atoms with Crippen molar-refractivity contribution in [3.8, 4) is 11.4 Å². The summed E-state index contributed by atoms with van der Waals surface area (Å²) in [5.41, 5.74) is 9.15. The van der Waals surface area contributed by atoms with Gasteiger partial charge in [0.1, 0.15) is 5.82 Å². The number of rotatable bonds is 1. The first-order chi connectivity index (χ1) is 9.58. The van der Waals surface area contributed by atoms with Gasteiger partial charge in [-0.05, 0) is 30.7 Å². The van der Waals surface area contributed by atoms with Gasteiger partial charge in [-0.1, -0.05) is 24.3 Å². The van der Waals surface area contributed by atoms with Crippen molar-refractivity contribution in [3.05, 3.63) is 58.4 Å². The summed E-state index contributed by atoms with van der Waals surface area (Å²) >= 11 is 0. The molecule has 3 rings (SSSR count). The van der Waals surface area contributed by atoms with E-state index in [0.29, 0.717) is 22.4 Å². The zero-order valence-electron chi connectivity index (χ0n) is 11.4. The van der Waals surface area contributed by atoms with E-state index in [1.807, 2.05) is 43.3 Å². The normalized spacial score (nSPS) is 10.9. The number of benzene rings is 2. The number of hydrogen-bond acceptors (Lipinski definition) is 3. The van der Waals surface area contributed by atoms with Crippen LogP contribution in [0.25, 0.3) is 22.3 Å². The Labute approximate surface area is 116 Å². The van der Waals surface area contributed by atoms with Gasteiger partial charge in [-0.3, -0.25) is 9.36 Å². The molecule has 0 radical (unpaired) electrons. The van der Waals surface area contributed by atoms with E-state index in [1.54, 1.807) is 17.7 Å². The van der Waals surface area contributed by atoms with Gasteiger partial charge in [0, 0.05) is 18.3 Å². The molecule has 4 heteroatoms. The molecule has 0 aliphatic carbocycles. The van der Waals surface area contributed by atoms with Crippen LogP contribution in [0.3, 0.4) is 0 Å². The van der Waals surface area contributed by atoms with Crippen molar-refractivity contribution in [2.24, 2.45) is 7.05 Å². The van der Waals surface area contributed by atoms with Gasteiger partial charge in [-0.25, -0.2) is 4.98 Å². The molecule has 1 heterocycles. The van der Waals surface area contributed by atoms with E-state index in [1.165, 1.54) is 0 Å². The quantitative estimate of drug-likeness (QED) is 0.688. The highest BCUT2D eigenvalue weighted by Crippen LogP contribution is 2.22. The van der Waals surface area contributed by atoms with E-state index >= 15 is 0 Å². The van der Waals surface area contributed by atoms with E-state index in [0.717, 1.165) is 11.1 Å². The van der Waals surface area contributed by atoms with Crippen molar-refractivity contribution in [1.82, 2.24) is 9.55 Å². The summed E-state index contributed by atoms with van der Waals surface area (Å²) in [5, 5.41) is 0.624. The molecular weight excluding hydrogens is 250 g/mol. The highest BCUT2D eigenvalue weighted by molar-refractivity contribution is 5.80. The Morgan fingerprint density at radius 3 is 2.65 bits per heavy atom. The monoisotopic (exact) mass is 265 g/mol. The van der Waals surface area contributed by atoms with Gasteiger partial charge in [0.05, 0.1) is 10.9 Å². The number of aromatic nitrogens is 2. The first kappa shape index (κ1) is 12.4. The van der Waals surface area contributed by atoms with E-state index < -0.39 is 0 Å². The Kier molecular flexibility index (Phi) is 2.79. The second-order valence-corrected chi connectivity index (χ2v) is 4.89. The van der Waals surface area contributed by atoms with E-state index in [4.69, 9.17) is 5.73 Å². The molecule has 0 bridgehead atoms. The molecule has 2 aromatic carbocycles. The van der Waals surface area contributed by atoms with Crippen molar-refractivity contribution < 1.29 is 0 Å². The van der Waals surface area contributed by atoms with Crippen molar-refractivity contribution in [2.75, 3.05) is 5.73 Å². The van der Waals surface area contributed by atoms with Crippen LogP contribution in [-0.4, -0.2) is 9.55 Å². The van der Waals surface area contributed by atoms with E-state index in [2.05, 4.69) is 4.98 Å². The molecule has 1 aromatic heterocycles. The molecule has 0 unspecified atom stereocenters. The number of nitrogens with zero attached hydrogens (tertiary/aromatic N) is 2. The van der Waals surface area contributed by atoms with Crippen LogP contribution in [0.5, 0.6) is 0 Å². The van der Waals surface area contributed by atoms with Crippen LogP contribution in [0.15, 0.2) is 47.3 Å². The maximum atomic E-state index is 12.4. The summed E-state index contributed by atoms with van der Waals surface area (Å²) in [6, 6.07) is 13.1. The maximum Gasteiger partial charge on any atom is 0.261 e. The van der Waals surface area contributed by atoms with Gasteiger partial charge < -0.3 is 5.73 Å². The van der Waals surface area contributed by atoms with Crippen LogP contribution in [0, 0.1) is 6.92 Å². The Hall–Kier alpha value is -2.62. The molecule has 3 aromatic rings. The van der Waals surface area contributed by atoms with E-state index in [9.17, 15) is 4.79 Å². The molecule has 0 saturated heterocycles. The first-order valence-corrected chi connectivity index (χ1v) is 6.40. The predicted molar refractivity (Wildman–Crippen MR) is 81.6 cm³/mol. The summed E-state index contributed by atoms with van der Waals surface area (Å²) in [6.07, 6.45) is 0. The zero-order chi connectivity index (χ0) is 14.3. The Bertz CT molecular complexity index is 865. The lowest BCUT2D eigenvalue weighted by atomic mass is 10.1. The van der Waals surface area contributed by atoms with Crippen LogP contribution in [0.1, 0.15) is 5.56 Å². The summed E-state index contributed by atoms with van der Waals surface area (Å²) < 4.78 is 1.56. The fourth-order valence-electron chi connectivity index (χ4n) is 2.26. The molecule has 0 fully saturated rings. The molecule has 0 spiro atoms. The fourth-order valence-corrected chi connectivity index (χ4v) is 2.26. The standard InChI is InChI=1S/C16H15N3O/c1-10-7-8-11(9-13(10)17)15-18-14-6-4-3-5-12(14)16(20)19(15)2/h3-9H,17H2,1-2H3. The smallest absolute Gasteiger partial charge is 0.261 e. The molecule has 0 amide bonds. The molecule has 100 valence electrons. The summed E-state index contributed by atoms with van der Waals surface area (Å²) in [5.74, 6) is 0.625. The number of hydrogen-bond donors (Lipinski definition) is 1. The minimum Gasteiger partial charge on any atom is -0.398 e. The van der Waals surface area contributed by atoms with Crippen molar-refractivity contribution in [1.29, 1.82) is 0 Å². The van der Waals surface area contributed by atoms with Crippen LogP contribution >= 0.6 is 0 Å². The van der Waals surface area contributed by atoms with Gasteiger partial charge in [0.2, 0.25) is 0 Å². The van der Waals surface area contributed by atoms with Gasteiger partial charge in [-0.15, -0.1) is 0 Å². The molecule has 20 heavy (non-hydrogen) atoms. The Morgan fingerprint density at radius 2 is 1.90 bits per heavy atom. The number of para-hydroxylation sites is 1. The van der Waals surface area contributed by atoms with Crippen LogP contribution in [-0.2, 0) is 7.05 Å². The van der Waals surface area contributed by atoms with E-state index in [-0.39, 0.29) is 5.56 Å². The average Bonchev–Trinajstić information content (AvgIpc) is 2.46. The van der Waals surface area contributed by atoms with Crippen molar-refractivity contribution in [3.63, 3.8) is 0 Å². The number of nitrogen functional groups attached to an aromatic ring is 1. The largest absolute Gasteiger partial charge is 0.398 e. The molecular formula is C16H15N3O. The van der Waals surface area contributed by atoms with Crippen LogP contribution in [0.4, 0.5) is 5.69 Å². The predicted octanol–water partition coefficient (Wildman–Crippen LogP) is 2.49. The number of nitrogens with two attached hydrogens (primary N) is 1. The first-order valence-electron chi connectivity index (χ1n) is 6.40. The molecule has 2 N–H and O–H groups in total. The SMILES string of the molecule is Cc1ccc(-c2nc3ccccc3c(=O)n2C)cc1N. The maximum absolute atomic E-state index is 12.4. The lowest BCUT2D eigenvalue weighted by molar-refractivity contribution is 0.856. The summed E-state index contributed by atoms with van der Waals surface area (Å²) in [7, 11) is 1.73. The third-order valence-electron chi connectivity index (χ3n) is 3.52. The van der Waals surface area contributed by atoms with Gasteiger partial charge >= 0.3 is 0 Å². The summed E-state index contributed by atoms with van der Waals surface area (Å²) in [6.45, 7) is 1.95. The van der Waals surface area contributed by atoms with Crippen LogP contribution in [0.2, 0.25) is 0 Å². The van der Waals surface area contributed by atoms with Crippen LogP contribution < -0.4 is 11.3 Å². The molecule has 4 nitrogen and oxygen atoms in total. The van der Waals surface area contributed by atoms with Crippen molar-refractivity contribution in [2.45, 2.75) is 6.92 Å². The topological polar surface area (TPSA) is 60.9 Å². The average molecular weight is 265 g/mol. The molecule has 0 atom stereocenters. The van der Waals surface area contributed by atoms with Gasteiger partial charge in [0.25, 0.3) is 5.56 Å². The third kappa shape index (κ3) is 1.86. The van der Waals surface area contributed by atoms with Crippen molar-refractivity contribution >= 4 is 16.6 Å². The minimum absolute atomic E-state index is 0.0512. The summed E-state index contributed by atoms with van der Waals surface area (Å²) in [4.78, 5) is 16.9. The second-order valence-electron chi connectivity index (χ2n) is 4.89. The number of fused-ring (bicyclic) bond motifs is 1. The third-order valence-corrected chi connectivity index (χ3v) is 3.52. The minimum atomic E-state index is -0.0512. The lowest BCUT2D eigenvalue weighted by Crippen LogP contribution is -2.20. The number of anilines is 1.